The van der Waals surface area contributed by atoms with E-state index >= 15 is 0 Å². The predicted octanol–water partition coefficient (Wildman–Crippen LogP) is 4.97. The van der Waals surface area contributed by atoms with Gasteiger partial charge in [0.25, 0.3) is 0 Å². The van der Waals surface area contributed by atoms with E-state index in [0.717, 1.165) is 0 Å². The maximum atomic E-state index is 13.6. The zero-order chi connectivity index (χ0) is 13.1. The van der Waals surface area contributed by atoms with E-state index in [1.807, 2.05) is 6.07 Å². The highest BCUT2D eigenvalue weighted by molar-refractivity contribution is 6.20. The fourth-order valence-electron chi connectivity index (χ4n) is 2.05. The van der Waals surface area contributed by atoms with E-state index < -0.39 is 0 Å². The van der Waals surface area contributed by atoms with Crippen LogP contribution in [0.25, 0.3) is 0 Å². The lowest BCUT2D eigenvalue weighted by atomic mass is 9.98. The fraction of sp³-hybridized carbons (Fsp3) is 0.250. The quantitative estimate of drug-likeness (QED) is 0.686. The van der Waals surface area contributed by atoms with Crippen LogP contribution in [0.15, 0.2) is 42.5 Å². The van der Waals surface area contributed by atoms with Crippen molar-refractivity contribution in [3.05, 3.63) is 70.5 Å². The molecule has 2 aromatic rings. The van der Waals surface area contributed by atoms with Crippen molar-refractivity contribution in [3.63, 3.8) is 0 Å². The Hall–Kier alpha value is -1.34. The Morgan fingerprint density at radius 2 is 1.83 bits per heavy atom. The molecular weight excluding hydrogens is 247 g/mol. The summed E-state index contributed by atoms with van der Waals surface area (Å²) in [6, 6.07) is 13.0. The second-order valence-corrected chi connectivity index (χ2v) is 5.15. The van der Waals surface area contributed by atoms with E-state index in [2.05, 4.69) is 32.0 Å². The lowest BCUT2D eigenvalue weighted by Gasteiger charge is -2.13. The summed E-state index contributed by atoms with van der Waals surface area (Å²) >= 11 is 6.33. The molecule has 0 aliphatic heterocycles. The predicted molar refractivity (Wildman–Crippen MR) is 74.6 cm³/mol. The Labute approximate surface area is 112 Å². The van der Waals surface area contributed by atoms with Crippen LogP contribution in [-0.2, 0) is 6.42 Å². The first-order chi connectivity index (χ1) is 8.58. The van der Waals surface area contributed by atoms with Gasteiger partial charge in [0, 0.05) is 5.56 Å². The van der Waals surface area contributed by atoms with E-state index in [4.69, 9.17) is 11.6 Å². The second-order valence-electron chi connectivity index (χ2n) is 4.62. The van der Waals surface area contributed by atoms with Gasteiger partial charge in [-0.2, -0.15) is 0 Å². The van der Waals surface area contributed by atoms with Crippen molar-refractivity contribution in [1.29, 1.82) is 0 Å². The summed E-state index contributed by atoms with van der Waals surface area (Å²) in [6.07, 6.45) is 0.649. The normalized spacial score (nSPS) is 12.4. The Morgan fingerprint density at radius 1 is 1.11 bits per heavy atom. The monoisotopic (exact) mass is 262 g/mol. The van der Waals surface area contributed by atoms with E-state index in [1.165, 1.54) is 22.8 Å². The number of aryl methyl sites for hydroxylation is 2. The molecule has 0 saturated heterocycles. The fourth-order valence-corrected chi connectivity index (χ4v) is 2.40. The van der Waals surface area contributed by atoms with Gasteiger partial charge in [0.05, 0.1) is 5.38 Å². The molecular formula is C16H16ClF. The maximum absolute atomic E-state index is 13.6. The molecule has 0 aliphatic carbocycles. The van der Waals surface area contributed by atoms with Gasteiger partial charge in [-0.3, -0.25) is 0 Å². The molecule has 0 spiro atoms. The van der Waals surface area contributed by atoms with Crippen LogP contribution in [0, 0.1) is 19.7 Å². The van der Waals surface area contributed by atoms with Crippen LogP contribution in [0.4, 0.5) is 4.39 Å². The molecule has 0 bridgehead atoms. The SMILES string of the molecule is Cc1ccc(C)c(CC(Cl)c2ccccc2F)c1. The third-order valence-electron chi connectivity index (χ3n) is 3.15. The number of alkyl halides is 1. The summed E-state index contributed by atoms with van der Waals surface area (Å²) in [5, 5.41) is -0.327. The molecule has 94 valence electrons. The zero-order valence-electron chi connectivity index (χ0n) is 10.6. The number of halogens is 2. The second kappa shape index (κ2) is 5.53. The van der Waals surface area contributed by atoms with E-state index in [1.54, 1.807) is 12.1 Å². The van der Waals surface area contributed by atoms with Crippen molar-refractivity contribution in [2.75, 3.05) is 0 Å². The smallest absolute Gasteiger partial charge is 0.127 e. The highest BCUT2D eigenvalue weighted by atomic mass is 35.5. The maximum Gasteiger partial charge on any atom is 0.127 e. The molecule has 1 atom stereocenters. The zero-order valence-corrected chi connectivity index (χ0v) is 11.3. The Bertz CT molecular complexity index is 549. The van der Waals surface area contributed by atoms with Gasteiger partial charge < -0.3 is 0 Å². The Kier molecular flexibility index (Phi) is 4.03. The third-order valence-corrected chi connectivity index (χ3v) is 3.54. The minimum atomic E-state index is -0.327. The molecule has 0 aliphatic rings. The van der Waals surface area contributed by atoms with Crippen LogP contribution in [0.3, 0.4) is 0 Å². The first-order valence-corrected chi connectivity index (χ1v) is 6.46. The van der Waals surface area contributed by atoms with Crippen molar-refractivity contribution < 1.29 is 4.39 Å². The Balaban J connectivity index is 2.24. The van der Waals surface area contributed by atoms with Gasteiger partial charge in [-0.15, -0.1) is 11.6 Å². The third kappa shape index (κ3) is 2.91. The Morgan fingerprint density at radius 3 is 2.56 bits per heavy atom. The van der Waals surface area contributed by atoms with Crippen LogP contribution < -0.4 is 0 Å². The van der Waals surface area contributed by atoms with Crippen LogP contribution >= 0.6 is 11.6 Å². The van der Waals surface area contributed by atoms with Crippen molar-refractivity contribution >= 4 is 11.6 Å². The standard InChI is InChI=1S/C16H16ClF/c1-11-7-8-12(2)13(9-11)10-15(17)14-5-3-4-6-16(14)18/h3-9,15H,10H2,1-2H3. The topological polar surface area (TPSA) is 0 Å². The molecule has 1 unspecified atom stereocenters. The molecule has 2 aromatic carbocycles. The molecule has 18 heavy (non-hydrogen) atoms. The highest BCUT2D eigenvalue weighted by Crippen LogP contribution is 2.28. The number of hydrogen-bond donors (Lipinski definition) is 0. The minimum absolute atomic E-state index is 0.234. The summed E-state index contributed by atoms with van der Waals surface area (Å²) in [5.41, 5.74) is 4.15. The van der Waals surface area contributed by atoms with E-state index in [-0.39, 0.29) is 11.2 Å². The molecule has 0 N–H and O–H groups in total. The van der Waals surface area contributed by atoms with Gasteiger partial charge in [0.15, 0.2) is 0 Å². The average Bonchev–Trinajstić information content (AvgIpc) is 2.34. The summed E-state index contributed by atoms with van der Waals surface area (Å²) in [5.74, 6) is -0.234. The van der Waals surface area contributed by atoms with E-state index in [0.29, 0.717) is 12.0 Å². The lowest BCUT2D eigenvalue weighted by Crippen LogP contribution is -2.00. The number of benzene rings is 2. The van der Waals surface area contributed by atoms with E-state index in [9.17, 15) is 4.39 Å². The first kappa shape index (κ1) is 13.1. The van der Waals surface area contributed by atoms with Crippen molar-refractivity contribution in [2.45, 2.75) is 25.6 Å². The van der Waals surface area contributed by atoms with Gasteiger partial charge in [-0.25, -0.2) is 4.39 Å². The van der Waals surface area contributed by atoms with Crippen molar-refractivity contribution in [1.82, 2.24) is 0 Å². The lowest BCUT2D eigenvalue weighted by molar-refractivity contribution is 0.605. The molecule has 0 fully saturated rings. The van der Waals surface area contributed by atoms with Crippen LogP contribution in [0.2, 0.25) is 0 Å². The van der Waals surface area contributed by atoms with Gasteiger partial charge in [-0.1, -0.05) is 42.0 Å². The van der Waals surface area contributed by atoms with Crippen LogP contribution in [-0.4, -0.2) is 0 Å². The summed E-state index contributed by atoms with van der Waals surface area (Å²) in [6.45, 7) is 4.11. The van der Waals surface area contributed by atoms with Gasteiger partial charge >= 0.3 is 0 Å². The van der Waals surface area contributed by atoms with Gasteiger partial charge in [-0.05, 0) is 37.5 Å². The molecule has 0 heterocycles. The average molecular weight is 263 g/mol. The molecule has 2 heteroatoms. The van der Waals surface area contributed by atoms with Gasteiger partial charge in [0.1, 0.15) is 5.82 Å². The summed E-state index contributed by atoms with van der Waals surface area (Å²) < 4.78 is 13.6. The van der Waals surface area contributed by atoms with Crippen LogP contribution in [0.1, 0.15) is 27.6 Å². The molecule has 0 aromatic heterocycles. The molecule has 0 radical (unpaired) electrons. The first-order valence-electron chi connectivity index (χ1n) is 6.02. The summed E-state index contributed by atoms with van der Waals surface area (Å²) in [4.78, 5) is 0. The largest absolute Gasteiger partial charge is 0.207 e. The molecule has 0 amide bonds. The molecule has 0 saturated carbocycles. The summed E-state index contributed by atoms with van der Waals surface area (Å²) in [7, 11) is 0. The van der Waals surface area contributed by atoms with Gasteiger partial charge in [0.2, 0.25) is 0 Å². The van der Waals surface area contributed by atoms with Crippen molar-refractivity contribution in [2.24, 2.45) is 0 Å². The van der Waals surface area contributed by atoms with Crippen molar-refractivity contribution in [3.8, 4) is 0 Å². The van der Waals surface area contributed by atoms with Crippen LogP contribution in [0.5, 0.6) is 0 Å². The molecule has 2 rings (SSSR count). The highest BCUT2D eigenvalue weighted by Gasteiger charge is 2.14. The molecule has 0 nitrogen and oxygen atoms in total. The number of hydrogen-bond acceptors (Lipinski definition) is 0. The number of rotatable bonds is 3. The minimum Gasteiger partial charge on any atom is -0.207 e.